The van der Waals surface area contributed by atoms with Gasteiger partial charge < -0.3 is 10.6 Å². The number of amides is 2. The van der Waals surface area contributed by atoms with E-state index in [9.17, 15) is 9.59 Å². The van der Waals surface area contributed by atoms with E-state index in [2.05, 4.69) is 15.6 Å². The molecule has 0 unspecified atom stereocenters. The molecule has 0 aromatic carbocycles. The standard InChI is InChI=1S/C14H19N3O2/c18-13(17-12-4-2-1-3-5-12)10-16-14(19)11-6-8-15-9-7-11/h6-9,12H,1-5,10H2,(H,16,19)(H,17,18). The summed E-state index contributed by atoms with van der Waals surface area (Å²) in [7, 11) is 0. The van der Waals surface area contributed by atoms with Crippen LogP contribution in [0.3, 0.4) is 0 Å². The van der Waals surface area contributed by atoms with Gasteiger partial charge in [-0.25, -0.2) is 0 Å². The highest BCUT2D eigenvalue weighted by molar-refractivity contribution is 5.96. The molecule has 0 radical (unpaired) electrons. The molecule has 0 atom stereocenters. The number of carbonyl (C=O) groups excluding carboxylic acids is 2. The summed E-state index contributed by atoms with van der Waals surface area (Å²) in [6.07, 6.45) is 8.80. The van der Waals surface area contributed by atoms with Crippen LogP contribution in [-0.4, -0.2) is 29.4 Å². The van der Waals surface area contributed by atoms with Gasteiger partial charge in [-0.15, -0.1) is 0 Å². The molecule has 1 aliphatic rings. The van der Waals surface area contributed by atoms with E-state index in [0.717, 1.165) is 12.8 Å². The van der Waals surface area contributed by atoms with Gasteiger partial charge in [-0.05, 0) is 25.0 Å². The fourth-order valence-electron chi connectivity index (χ4n) is 2.29. The van der Waals surface area contributed by atoms with Gasteiger partial charge in [0.25, 0.3) is 5.91 Å². The second-order valence-electron chi connectivity index (χ2n) is 4.82. The molecule has 0 spiro atoms. The van der Waals surface area contributed by atoms with E-state index in [1.165, 1.54) is 19.3 Å². The normalized spacial score (nSPS) is 15.8. The highest BCUT2D eigenvalue weighted by Crippen LogP contribution is 2.17. The third-order valence-electron chi connectivity index (χ3n) is 3.32. The van der Waals surface area contributed by atoms with Crippen LogP contribution in [0.2, 0.25) is 0 Å². The van der Waals surface area contributed by atoms with Crippen LogP contribution < -0.4 is 10.6 Å². The molecule has 1 heterocycles. The predicted octanol–water partition coefficient (Wildman–Crippen LogP) is 1.26. The number of aromatic nitrogens is 1. The van der Waals surface area contributed by atoms with Crippen molar-refractivity contribution in [1.82, 2.24) is 15.6 Å². The fraction of sp³-hybridized carbons (Fsp3) is 0.500. The van der Waals surface area contributed by atoms with Gasteiger partial charge in [0.2, 0.25) is 5.91 Å². The van der Waals surface area contributed by atoms with E-state index in [1.807, 2.05) is 0 Å². The molecule has 102 valence electrons. The van der Waals surface area contributed by atoms with Crippen molar-refractivity contribution in [3.63, 3.8) is 0 Å². The maximum atomic E-state index is 11.7. The van der Waals surface area contributed by atoms with Gasteiger partial charge >= 0.3 is 0 Å². The van der Waals surface area contributed by atoms with E-state index >= 15 is 0 Å². The first-order chi connectivity index (χ1) is 9.25. The summed E-state index contributed by atoms with van der Waals surface area (Å²) in [6.45, 7) is 0.0255. The highest BCUT2D eigenvalue weighted by Gasteiger charge is 2.16. The third-order valence-corrected chi connectivity index (χ3v) is 3.32. The summed E-state index contributed by atoms with van der Waals surface area (Å²) in [4.78, 5) is 27.3. The molecular formula is C14H19N3O2. The van der Waals surface area contributed by atoms with E-state index in [-0.39, 0.29) is 24.4 Å². The summed E-state index contributed by atoms with van der Waals surface area (Å²) in [5.74, 6) is -0.365. The summed E-state index contributed by atoms with van der Waals surface area (Å²) in [5.41, 5.74) is 0.514. The second-order valence-corrected chi connectivity index (χ2v) is 4.82. The average Bonchev–Trinajstić information content (AvgIpc) is 2.47. The van der Waals surface area contributed by atoms with E-state index in [4.69, 9.17) is 0 Å². The maximum absolute atomic E-state index is 11.7. The molecule has 1 fully saturated rings. The van der Waals surface area contributed by atoms with Crippen molar-refractivity contribution >= 4 is 11.8 Å². The minimum Gasteiger partial charge on any atom is -0.352 e. The molecular weight excluding hydrogens is 242 g/mol. The van der Waals surface area contributed by atoms with Crippen LogP contribution in [0.1, 0.15) is 42.5 Å². The lowest BCUT2D eigenvalue weighted by atomic mass is 9.95. The van der Waals surface area contributed by atoms with Gasteiger partial charge in [-0.3, -0.25) is 14.6 Å². The minimum absolute atomic E-state index is 0.0255. The molecule has 0 saturated heterocycles. The summed E-state index contributed by atoms with van der Waals surface area (Å²) in [5, 5.41) is 5.57. The molecule has 2 amide bonds. The number of hydrogen-bond donors (Lipinski definition) is 2. The number of pyridine rings is 1. The second kappa shape index (κ2) is 6.87. The topological polar surface area (TPSA) is 71.1 Å². The van der Waals surface area contributed by atoms with Crippen LogP contribution in [0.25, 0.3) is 0 Å². The van der Waals surface area contributed by atoms with Crippen molar-refractivity contribution < 1.29 is 9.59 Å². The molecule has 0 aliphatic heterocycles. The van der Waals surface area contributed by atoms with Crippen LogP contribution in [0.5, 0.6) is 0 Å². The van der Waals surface area contributed by atoms with Crippen LogP contribution in [0.15, 0.2) is 24.5 Å². The number of nitrogens with one attached hydrogen (secondary N) is 2. The fourth-order valence-corrected chi connectivity index (χ4v) is 2.29. The van der Waals surface area contributed by atoms with Crippen molar-refractivity contribution in [3.05, 3.63) is 30.1 Å². The molecule has 2 rings (SSSR count). The zero-order valence-electron chi connectivity index (χ0n) is 10.9. The van der Waals surface area contributed by atoms with Crippen molar-refractivity contribution in [2.24, 2.45) is 0 Å². The molecule has 19 heavy (non-hydrogen) atoms. The van der Waals surface area contributed by atoms with E-state index < -0.39 is 0 Å². The van der Waals surface area contributed by atoms with E-state index in [0.29, 0.717) is 5.56 Å². The van der Waals surface area contributed by atoms with Gasteiger partial charge in [0.05, 0.1) is 6.54 Å². The monoisotopic (exact) mass is 261 g/mol. The summed E-state index contributed by atoms with van der Waals surface area (Å²) >= 11 is 0. The zero-order chi connectivity index (χ0) is 13.5. The van der Waals surface area contributed by atoms with Gasteiger partial charge in [0.15, 0.2) is 0 Å². The van der Waals surface area contributed by atoms with Crippen LogP contribution in [0, 0.1) is 0 Å². The highest BCUT2D eigenvalue weighted by atomic mass is 16.2. The lowest BCUT2D eigenvalue weighted by Crippen LogP contribution is -2.42. The van der Waals surface area contributed by atoms with Gasteiger partial charge in [-0.1, -0.05) is 19.3 Å². The summed E-state index contributed by atoms with van der Waals surface area (Å²) in [6, 6.07) is 3.52. The molecule has 1 aromatic heterocycles. The quantitative estimate of drug-likeness (QED) is 0.857. The van der Waals surface area contributed by atoms with Gasteiger partial charge in [0, 0.05) is 24.0 Å². The Balaban J connectivity index is 1.72. The van der Waals surface area contributed by atoms with Crippen molar-refractivity contribution in [1.29, 1.82) is 0 Å². The maximum Gasteiger partial charge on any atom is 0.251 e. The Hall–Kier alpha value is -1.91. The molecule has 5 nitrogen and oxygen atoms in total. The van der Waals surface area contributed by atoms with Crippen molar-refractivity contribution in [3.8, 4) is 0 Å². The smallest absolute Gasteiger partial charge is 0.251 e. The lowest BCUT2D eigenvalue weighted by Gasteiger charge is -2.22. The number of rotatable bonds is 4. The van der Waals surface area contributed by atoms with E-state index in [1.54, 1.807) is 24.5 Å². The predicted molar refractivity (Wildman–Crippen MR) is 71.6 cm³/mol. The Kier molecular flexibility index (Phi) is 4.89. The molecule has 1 aromatic rings. The number of hydrogen-bond acceptors (Lipinski definition) is 3. The van der Waals surface area contributed by atoms with Crippen LogP contribution >= 0.6 is 0 Å². The molecule has 1 aliphatic carbocycles. The van der Waals surface area contributed by atoms with Crippen molar-refractivity contribution in [2.45, 2.75) is 38.1 Å². The van der Waals surface area contributed by atoms with Gasteiger partial charge in [-0.2, -0.15) is 0 Å². The first kappa shape index (κ1) is 13.5. The minimum atomic E-state index is -0.249. The lowest BCUT2D eigenvalue weighted by molar-refractivity contribution is -0.121. The van der Waals surface area contributed by atoms with Crippen molar-refractivity contribution in [2.75, 3.05) is 6.54 Å². The number of carbonyl (C=O) groups is 2. The SMILES string of the molecule is O=C(CNC(=O)c1ccncc1)NC1CCCCC1. The Morgan fingerprint density at radius 1 is 1.16 bits per heavy atom. The largest absolute Gasteiger partial charge is 0.352 e. The van der Waals surface area contributed by atoms with Gasteiger partial charge in [0.1, 0.15) is 0 Å². The Morgan fingerprint density at radius 3 is 2.53 bits per heavy atom. The molecule has 2 N–H and O–H groups in total. The molecule has 1 saturated carbocycles. The Labute approximate surface area is 112 Å². The zero-order valence-corrected chi connectivity index (χ0v) is 10.9. The number of nitrogens with zero attached hydrogens (tertiary/aromatic N) is 1. The average molecular weight is 261 g/mol. The first-order valence-corrected chi connectivity index (χ1v) is 6.73. The molecule has 5 heteroatoms. The summed E-state index contributed by atoms with van der Waals surface area (Å²) < 4.78 is 0. The Bertz CT molecular complexity index is 428. The van der Waals surface area contributed by atoms with Crippen LogP contribution in [0.4, 0.5) is 0 Å². The van der Waals surface area contributed by atoms with Crippen LogP contribution in [-0.2, 0) is 4.79 Å². The first-order valence-electron chi connectivity index (χ1n) is 6.73. The Morgan fingerprint density at radius 2 is 1.84 bits per heavy atom. The third kappa shape index (κ3) is 4.35. The molecule has 0 bridgehead atoms.